The Kier molecular flexibility index (Phi) is 4.25. The van der Waals surface area contributed by atoms with E-state index >= 15 is 0 Å². The number of ether oxygens (including phenoxy) is 1. The molecule has 1 aliphatic rings. The number of carbonyl (C=O) groups excluding carboxylic acids is 2. The van der Waals surface area contributed by atoms with E-state index in [9.17, 15) is 9.59 Å². The number of hydrogen-bond acceptors (Lipinski definition) is 3. The van der Waals surface area contributed by atoms with Crippen LogP contribution in [0.5, 0.6) is 5.75 Å². The zero-order valence-corrected chi connectivity index (χ0v) is 14.0. The summed E-state index contributed by atoms with van der Waals surface area (Å²) < 4.78 is 5.81. The molecule has 3 rings (SSSR count). The molecule has 124 valence electrons. The smallest absolute Gasteiger partial charge is 0.267 e. The number of aryl methyl sites for hydroxylation is 1. The molecule has 1 aliphatic heterocycles. The fourth-order valence-electron chi connectivity index (χ4n) is 2.77. The summed E-state index contributed by atoms with van der Waals surface area (Å²) in [4.78, 5) is 26.1. The maximum Gasteiger partial charge on any atom is 0.267 e. The quantitative estimate of drug-likeness (QED) is 0.923. The van der Waals surface area contributed by atoms with Crippen molar-refractivity contribution in [3.63, 3.8) is 0 Å². The third-order valence-electron chi connectivity index (χ3n) is 4.31. The van der Waals surface area contributed by atoms with Crippen molar-refractivity contribution in [3.05, 3.63) is 53.6 Å². The Morgan fingerprint density at radius 3 is 2.62 bits per heavy atom. The highest BCUT2D eigenvalue weighted by molar-refractivity contribution is 5.99. The number of amides is 2. The summed E-state index contributed by atoms with van der Waals surface area (Å²) in [7, 11) is 0. The topological polar surface area (TPSA) is 58.6 Å². The molecule has 0 radical (unpaired) electrons. The third kappa shape index (κ3) is 2.97. The molecule has 0 saturated heterocycles. The Bertz CT molecular complexity index is 801. The molecule has 5 nitrogen and oxygen atoms in total. The molecule has 1 N–H and O–H groups in total. The molecular weight excluding hydrogens is 304 g/mol. The molecule has 0 bridgehead atoms. The number of nitrogens with zero attached hydrogens (tertiary/aromatic N) is 1. The van der Waals surface area contributed by atoms with Gasteiger partial charge in [-0.25, -0.2) is 0 Å². The van der Waals surface area contributed by atoms with Gasteiger partial charge in [-0.05, 0) is 43.2 Å². The molecule has 24 heavy (non-hydrogen) atoms. The van der Waals surface area contributed by atoms with Gasteiger partial charge in [-0.15, -0.1) is 0 Å². The van der Waals surface area contributed by atoms with Crippen molar-refractivity contribution in [1.29, 1.82) is 0 Å². The lowest BCUT2D eigenvalue weighted by molar-refractivity contribution is -0.123. The maximum absolute atomic E-state index is 12.6. The number of hydrogen-bond donors (Lipinski definition) is 1. The predicted molar refractivity (Wildman–Crippen MR) is 93.4 cm³/mol. The number of carbonyl (C=O) groups is 2. The molecule has 2 aromatic rings. The van der Waals surface area contributed by atoms with Gasteiger partial charge < -0.3 is 15.0 Å². The monoisotopic (exact) mass is 324 g/mol. The number of anilines is 2. The average molecular weight is 324 g/mol. The molecule has 1 heterocycles. The third-order valence-corrected chi connectivity index (χ3v) is 4.31. The Morgan fingerprint density at radius 2 is 1.88 bits per heavy atom. The minimum Gasteiger partial charge on any atom is -0.476 e. The second kappa shape index (κ2) is 6.35. The van der Waals surface area contributed by atoms with Crippen LogP contribution in [-0.2, 0) is 9.59 Å². The van der Waals surface area contributed by atoms with Crippen LogP contribution in [0.2, 0.25) is 0 Å². The summed E-state index contributed by atoms with van der Waals surface area (Å²) in [6, 6.07) is 13.0. The van der Waals surface area contributed by atoms with Crippen molar-refractivity contribution in [2.75, 3.05) is 16.8 Å². The van der Waals surface area contributed by atoms with Crippen LogP contribution in [0.3, 0.4) is 0 Å². The number of rotatable bonds is 2. The summed E-state index contributed by atoms with van der Waals surface area (Å²) in [5, 5.41) is 2.91. The van der Waals surface area contributed by atoms with Crippen LogP contribution in [0.15, 0.2) is 42.5 Å². The molecule has 2 aromatic carbocycles. The first-order chi connectivity index (χ1) is 11.5. The largest absolute Gasteiger partial charge is 0.476 e. The molecule has 2 amide bonds. The van der Waals surface area contributed by atoms with E-state index in [0.717, 1.165) is 16.8 Å². The SMILES string of the molecule is CC(=O)N1C[C@H](C(=O)Nc2cccc(C)c2C)Oc2ccccc21. The summed E-state index contributed by atoms with van der Waals surface area (Å²) in [5.41, 5.74) is 3.58. The number of para-hydroxylation sites is 2. The molecule has 0 fully saturated rings. The number of benzene rings is 2. The van der Waals surface area contributed by atoms with E-state index in [1.807, 2.05) is 50.2 Å². The summed E-state index contributed by atoms with van der Waals surface area (Å²) >= 11 is 0. The lowest BCUT2D eigenvalue weighted by atomic mass is 10.1. The van der Waals surface area contributed by atoms with Crippen LogP contribution in [0, 0.1) is 13.8 Å². The fraction of sp³-hybridized carbons (Fsp3) is 0.263. The van der Waals surface area contributed by atoms with Gasteiger partial charge in [0.1, 0.15) is 5.75 Å². The van der Waals surface area contributed by atoms with Crippen molar-refractivity contribution in [2.24, 2.45) is 0 Å². The molecular formula is C19H20N2O3. The first-order valence-corrected chi connectivity index (χ1v) is 7.88. The van der Waals surface area contributed by atoms with E-state index in [1.165, 1.54) is 6.92 Å². The minimum atomic E-state index is -0.747. The van der Waals surface area contributed by atoms with Gasteiger partial charge in [-0.3, -0.25) is 9.59 Å². The number of fused-ring (bicyclic) bond motifs is 1. The van der Waals surface area contributed by atoms with Crippen LogP contribution in [-0.4, -0.2) is 24.5 Å². The molecule has 5 heteroatoms. The van der Waals surface area contributed by atoms with Crippen LogP contribution in [0.4, 0.5) is 11.4 Å². The highest BCUT2D eigenvalue weighted by Crippen LogP contribution is 2.33. The van der Waals surface area contributed by atoms with E-state index < -0.39 is 6.10 Å². The van der Waals surface area contributed by atoms with Gasteiger partial charge in [-0.2, -0.15) is 0 Å². The summed E-state index contributed by atoms with van der Waals surface area (Å²) in [6.07, 6.45) is -0.747. The van der Waals surface area contributed by atoms with Crippen molar-refractivity contribution < 1.29 is 14.3 Å². The molecule has 0 unspecified atom stereocenters. The van der Waals surface area contributed by atoms with Crippen molar-refractivity contribution in [2.45, 2.75) is 26.9 Å². The zero-order valence-electron chi connectivity index (χ0n) is 14.0. The molecule has 1 atom stereocenters. The highest BCUT2D eigenvalue weighted by atomic mass is 16.5. The first-order valence-electron chi connectivity index (χ1n) is 7.88. The molecule has 0 saturated carbocycles. The van der Waals surface area contributed by atoms with Gasteiger partial charge in [0.05, 0.1) is 12.2 Å². The Hall–Kier alpha value is -2.82. The van der Waals surface area contributed by atoms with Crippen molar-refractivity contribution in [3.8, 4) is 5.75 Å². The van der Waals surface area contributed by atoms with E-state index in [1.54, 1.807) is 11.0 Å². The summed E-state index contributed by atoms with van der Waals surface area (Å²) in [5.74, 6) is 0.166. The van der Waals surface area contributed by atoms with E-state index in [-0.39, 0.29) is 18.4 Å². The van der Waals surface area contributed by atoms with Gasteiger partial charge >= 0.3 is 0 Å². The lowest BCUT2D eigenvalue weighted by Gasteiger charge is -2.33. The molecule has 0 aromatic heterocycles. The second-order valence-electron chi connectivity index (χ2n) is 5.94. The lowest BCUT2D eigenvalue weighted by Crippen LogP contribution is -2.48. The van der Waals surface area contributed by atoms with Crippen molar-refractivity contribution in [1.82, 2.24) is 0 Å². The van der Waals surface area contributed by atoms with Crippen LogP contribution in [0.25, 0.3) is 0 Å². The molecule has 0 aliphatic carbocycles. The average Bonchev–Trinajstić information content (AvgIpc) is 2.57. The van der Waals surface area contributed by atoms with Crippen LogP contribution >= 0.6 is 0 Å². The van der Waals surface area contributed by atoms with Gasteiger partial charge in [0.25, 0.3) is 5.91 Å². The second-order valence-corrected chi connectivity index (χ2v) is 5.94. The van der Waals surface area contributed by atoms with Crippen LogP contribution < -0.4 is 15.0 Å². The summed E-state index contributed by atoms with van der Waals surface area (Å²) in [6.45, 7) is 5.64. The van der Waals surface area contributed by atoms with Gasteiger partial charge in [0.2, 0.25) is 5.91 Å². The van der Waals surface area contributed by atoms with E-state index in [0.29, 0.717) is 11.4 Å². The standard InChI is InChI=1S/C19H20N2O3/c1-12-7-6-8-15(13(12)2)20-19(23)18-11-21(14(3)22)16-9-4-5-10-17(16)24-18/h4-10,18H,11H2,1-3H3,(H,20,23)/t18-/m1/s1. The first kappa shape index (κ1) is 16.1. The number of nitrogens with one attached hydrogen (secondary N) is 1. The Labute approximate surface area is 141 Å². The Morgan fingerprint density at radius 1 is 1.12 bits per heavy atom. The highest BCUT2D eigenvalue weighted by Gasteiger charge is 2.32. The van der Waals surface area contributed by atoms with Crippen molar-refractivity contribution >= 4 is 23.2 Å². The van der Waals surface area contributed by atoms with Crippen LogP contribution in [0.1, 0.15) is 18.1 Å². The maximum atomic E-state index is 12.6. The Balaban J connectivity index is 1.84. The zero-order chi connectivity index (χ0) is 17.3. The normalized spacial score (nSPS) is 16.1. The van der Waals surface area contributed by atoms with E-state index in [2.05, 4.69) is 5.32 Å². The van der Waals surface area contributed by atoms with Gasteiger partial charge in [0.15, 0.2) is 6.10 Å². The minimum absolute atomic E-state index is 0.115. The van der Waals surface area contributed by atoms with Gasteiger partial charge in [-0.1, -0.05) is 24.3 Å². The fourth-order valence-corrected chi connectivity index (χ4v) is 2.77. The van der Waals surface area contributed by atoms with Gasteiger partial charge in [0, 0.05) is 12.6 Å². The predicted octanol–water partition coefficient (Wildman–Crippen LogP) is 3.06. The molecule has 0 spiro atoms. The van der Waals surface area contributed by atoms with E-state index in [4.69, 9.17) is 4.74 Å².